The van der Waals surface area contributed by atoms with Gasteiger partial charge in [0.1, 0.15) is 0 Å². The number of carboxylic acids is 1. The van der Waals surface area contributed by atoms with Gasteiger partial charge < -0.3 is 5.11 Å². The van der Waals surface area contributed by atoms with Crippen molar-refractivity contribution in [2.75, 3.05) is 5.75 Å². The second kappa shape index (κ2) is 5.20. The van der Waals surface area contributed by atoms with Crippen LogP contribution in [0.25, 0.3) is 0 Å². The first-order valence-corrected chi connectivity index (χ1v) is 8.21. The minimum atomic E-state index is -0.785. The van der Waals surface area contributed by atoms with Crippen LogP contribution in [-0.2, 0) is 6.42 Å². The maximum absolute atomic E-state index is 11.4. The van der Waals surface area contributed by atoms with E-state index in [1.165, 1.54) is 36.1 Å². The fraction of sp³-hybridized carbons (Fsp3) is 0.562. The molecule has 0 bridgehead atoms. The Hall–Kier alpha value is -0.960. The van der Waals surface area contributed by atoms with E-state index in [4.69, 9.17) is 0 Å². The summed E-state index contributed by atoms with van der Waals surface area (Å²) in [5, 5.41) is 9.35. The summed E-state index contributed by atoms with van der Waals surface area (Å²) in [6.45, 7) is 2.07. The standard InChI is InChI=1S/C16H20O2S/c1-2-12-14(16(17)18)8-7-13(11-5-6-11)15(12)19-9-10-3-4-10/h7-8,10-11H,2-6,9H2,1H3,(H,17,18). The van der Waals surface area contributed by atoms with Crippen molar-refractivity contribution in [2.45, 2.75) is 49.8 Å². The van der Waals surface area contributed by atoms with Gasteiger partial charge in [-0.3, -0.25) is 0 Å². The highest BCUT2D eigenvalue weighted by molar-refractivity contribution is 7.99. The lowest BCUT2D eigenvalue weighted by Gasteiger charge is -2.15. The van der Waals surface area contributed by atoms with Gasteiger partial charge in [-0.15, -0.1) is 11.8 Å². The van der Waals surface area contributed by atoms with E-state index in [-0.39, 0.29) is 0 Å². The van der Waals surface area contributed by atoms with Gasteiger partial charge in [0.15, 0.2) is 0 Å². The third-order valence-electron chi connectivity index (χ3n) is 4.05. The highest BCUT2D eigenvalue weighted by atomic mass is 32.2. The minimum absolute atomic E-state index is 0.505. The normalized spacial score (nSPS) is 18.6. The monoisotopic (exact) mass is 276 g/mol. The van der Waals surface area contributed by atoms with Crippen LogP contribution in [0.15, 0.2) is 17.0 Å². The van der Waals surface area contributed by atoms with Crippen LogP contribution in [0, 0.1) is 5.92 Å². The Balaban J connectivity index is 1.97. The fourth-order valence-corrected chi connectivity index (χ4v) is 4.13. The van der Waals surface area contributed by atoms with Crippen molar-refractivity contribution in [3.8, 4) is 0 Å². The molecule has 3 rings (SSSR count). The average Bonchev–Trinajstić information content (AvgIpc) is 3.28. The summed E-state index contributed by atoms with van der Waals surface area (Å²) in [7, 11) is 0. The molecule has 2 saturated carbocycles. The van der Waals surface area contributed by atoms with Crippen molar-refractivity contribution < 1.29 is 9.90 Å². The molecule has 3 heteroatoms. The van der Waals surface area contributed by atoms with Crippen molar-refractivity contribution in [3.05, 3.63) is 28.8 Å². The Morgan fingerprint density at radius 2 is 2.05 bits per heavy atom. The SMILES string of the molecule is CCc1c(C(=O)O)ccc(C2CC2)c1SCC1CC1. The molecule has 0 spiro atoms. The molecule has 2 aliphatic carbocycles. The van der Waals surface area contributed by atoms with Crippen molar-refractivity contribution in [1.82, 2.24) is 0 Å². The minimum Gasteiger partial charge on any atom is -0.478 e. The average molecular weight is 276 g/mol. The highest BCUT2D eigenvalue weighted by Gasteiger charge is 2.30. The summed E-state index contributed by atoms with van der Waals surface area (Å²) in [5.74, 6) is 1.94. The van der Waals surface area contributed by atoms with E-state index < -0.39 is 5.97 Å². The van der Waals surface area contributed by atoms with Crippen LogP contribution < -0.4 is 0 Å². The Morgan fingerprint density at radius 1 is 1.32 bits per heavy atom. The molecule has 2 fully saturated rings. The summed E-state index contributed by atoms with van der Waals surface area (Å²) in [6, 6.07) is 3.88. The van der Waals surface area contributed by atoms with E-state index in [9.17, 15) is 9.90 Å². The number of carbonyl (C=O) groups is 1. The lowest BCUT2D eigenvalue weighted by atomic mass is 9.99. The number of aromatic carboxylic acids is 1. The van der Waals surface area contributed by atoms with Gasteiger partial charge in [0.25, 0.3) is 0 Å². The van der Waals surface area contributed by atoms with Crippen LogP contribution in [0.2, 0.25) is 0 Å². The third-order valence-corrected chi connectivity index (χ3v) is 5.46. The van der Waals surface area contributed by atoms with Gasteiger partial charge in [0.2, 0.25) is 0 Å². The second-order valence-electron chi connectivity index (χ2n) is 5.70. The fourth-order valence-electron chi connectivity index (χ4n) is 2.57. The molecular weight excluding hydrogens is 256 g/mol. The van der Waals surface area contributed by atoms with Gasteiger partial charge in [-0.25, -0.2) is 4.79 Å². The lowest BCUT2D eigenvalue weighted by Crippen LogP contribution is -2.05. The van der Waals surface area contributed by atoms with E-state index in [0.29, 0.717) is 11.5 Å². The van der Waals surface area contributed by atoms with Gasteiger partial charge in [-0.2, -0.15) is 0 Å². The Bertz CT molecular complexity index is 502. The van der Waals surface area contributed by atoms with E-state index in [2.05, 4.69) is 13.0 Å². The number of thioether (sulfide) groups is 1. The summed E-state index contributed by atoms with van der Waals surface area (Å²) in [4.78, 5) is 12.7. The summed E-state index contributed by atoms with van der Waals surface area (Å²) in [5.41, 5.74) is 2.97. The second-order valence-corrected chi connectivity index (χ2v) is 6.73. The molecule has 0 atom stereocenters. The molecule has 0 heterocycles. The van der Waals surface area contributed by atoms with Gasteiger partial charge >= 0.3 is 5.97 Å². The van der Waals surface area contributed by atoms with Gasteiger partial charge in [-0.1, -0.05) is 13.0 Å². The predicted molar refractivity (Wildman–Crippen MR) is 78.2 cm³/mol. The first-order chi connectivity index (χ1) is 9.20. The van der Waals surface area contributed by atoms with Crippen molar-refractivity contribution in [2.24, 2.45) is 5.92 Å². The molecule has 0 aromatic heterocycles. The first-order valence-electron chi connectivity index (χ1n) is 7.22. The molecule has 0 radical (unpaired) electrons. The molecule has 1 N–H and O–H groups in total. The summed E-state index contributed by atoms with van der Waals surface area (Å²) in [6.07, 6.45) is 6.06. The van der Waals surface area contributed by atoms with Crippen molar-refractivity contribution in [3.63, 3.8) is 0 Å². The number of hydrogen-bond acceptors (Lipinski definition) is 2. The predicted octanol–water partition coefficient (Wildman–Crippen LogP) is 4.33. The zero-order chi connectivity index (χ0) is 13.4. The van der Waals surface area contributed by atoms with Crippen LogP contribution in [-0.4, -0.2) is 16.8 Å². The van der Waals surface area contributed by atoms with Gasteiger partial charge in [0, 0.05) is 10.6 Å². The Labute approximate surface area is 118 Å². The zero-order valence-electron chi connectivity index (χ0n) is 11.3. The van der Waals surface area contributed by atoms with Crippen molar-refractivity contribution >= 4 is 17.7 Å². The van der Waals surface area contributed by atoms with Crippen LogP contribution in [0.4, 0.5) is 0 Å². The highest BCUT2D eigenvalue weighted by Crippen LogP contribution is 2.47. The van der Waals surface area contributed by atoms with E-state index in [1.54, 1.807) is 0 Å². The first kappa shape index (κ1) is 13.0. The summed E-state index contributed by atoms with van der Waals surface area (Å²) >= 11 is 1.91. The largest absolute Gasteiger partial charge is 0.478 e. The van der Waals surface area contributed by atoms with Crippen LogP contribution >= 0.6 is 11.8 Å². The van der Waals surface area contributed by atoms with E-state index >= 15 is 0 Å². The number of hydrogen-bond donors (Lipinski definition) is 1. The molecule has 0 saturated heterocycles. The van der Waals surface area contributed by atoms with Crippen LogP contribution in [0.1, 0.15) is 60.0 Å². The lowest BCUT2D eigenvalue weighted by molar-refractivity contribution is 0.0695. The molecule has 102 valence electrons. The van der Waals surface area contributed by atoms with Crippen LogP contribution in [0.5, 0.6) is 0 Å². The van der Waals surface area contributed by atoms with Gasteiger partial charge in [-0.05, 0) is 61.1 Å². The molecule has 1 aromatic carbocycles. The molecular formula is C16H20O2S. The number of rotatable bonds is 6. The van der Waals surface area contributed by atoms with Crippen LogP contribution in [0.3, 0.4) is 0 Å². The van der Waals surface area contributed by atoms with Gasteiger partial charge in [0.05, 0.1) is 5.56 Å². The maximum atomic E-state index is 11.4. The smallest absolute Gasteiger partial charge is 0.336 e. The topological polar surface area (TPSA) is 37.3 Å². The molecule has 0 unspecified atom stereocenters. The maximum Gasteiger partial charge on any atom is 0.336 e. The van der Waals surface area contributed by atoms with E-state index in [1.807, 2.05) is 17.8 Å². The molecule has 2 nitrogen and oxygen atoms in total. The third kappa shape index (κ3) is 2.81. The van der Waals surface area contributed by atoms with Crippen molar-refractivity contribution in [1.29, 1.82) is 0 Å². The molecule has 19 heavy (non-hydrogen) atoms. The van der Waals surface area contributed by atoms with E-state index in [0.717, 1.165) is 23.7 Å². The molecule has 2 aliphatic rings. The molecule has 1 aromatic rings. The zero-order valence-corrected chi connectivity index (χ0v) is 12.1. The summed E-state index contributed by atoms with van der Waals surface area (Å²) < 4.78 is 0. The molecule has 0 aliphatic heterocycles. The Kier molecular flexibility index (Phi) is 3.57. The molecule has 0 amide bonds. The number of benzene rings is 1. The quantitative estimate of drug-likeness (QED) is 0.786. The Morgan fingerprint density at radius 3 is 2.58 bits per heavy atom. The number of carboxylic acid groups (broad SMARTS) is 1.